The SMILES string of the molecule is CCC1CCC(Nc2cn[nH]c(=O)c2Cl)C1C. The maximum atomic E-state index is 11.3. The van der Waals surface area contributed by atoms with Gasteiger partial charge in [0.1, 0.15) is 5.02 Å². The number of nitrogens with zero attached hydrogens (tertiary/aromatic N) is 1. The molecular formula is C12H18ClN3O. The van der Waals surface area contributed by atoms with Crippen LogP contribution in [0.5, 0.6) is 0 Å². The summed E-state index contributed by atoms with van der Waals surface area (Å²) in [5.41, 5.74) is 0.304. The van der Waals surface area contributed by atoms with Crippen LogP contribution in [-0.4, -0.2) is 16.2 Å². The Morgan fingerprint density at radius 3 is 3.00 bits per heavy atom. The second kappa shape index (κ2) is 5.08. The number of nitrogens with one attached hydrogen (secondary N) is 2. The lowest BCUT2D eigenvalue weighted by molar-refractivity contribution is 0.392. The average Bonchev–Trinajstić information content (AvgIpc) is 2.66. The van der Waals surface area contributed by atoms with Crippen LogP contribution in [0.1, 0.15) is 33.1 Å². The highest BCUT2D eigenvalue weighted by Crippen LogP contribution is 2.36. The maximum Gasteiger partial charge on any atom is 0.285 e. The summed E-state index contributed by atoms with van der Waals surface area (Å²) in [6, 6.07) is 0.390. The molecule has 3 unspecified atom stereocenters. The molecule has 4 nitrogen and oxygen atoms in total. The summed E-state index contributed by atoms with van der Waals surface area (Å²) >= 11 is 5.94. The lowest BCUT2D eigenvalue weighted by Crippen LogP contribution is -2.26. The predicted octanol–water partition coefficient (Wildman–Crippen LogP) is 2.66. The summed E-state index contributed by atoms with van der Waals surface area (Å²) < 4.78 is 0. The first kappa shape index (κ1) is 12.4. The molecule has 0 bridgehead atoms. The van der Waals surface area contributed by atoms with Gasteiger partial charge in [-0.2, -0.15) is 5.10 Å². The molecule has 5 heteroatoms. The normalized spacial score (nSPS) is 28.3. The van der Waals surface area contributed by atoms with E-state index in [0.29, 0.717) is 17.6 Å². The summed E-state index contributed by atoms with van der Waals surface area (Å²) in [4.78, 5) is 11.3. The Kier molecular flexibility index (Phi) is 3.72. The van der Waals surface area contributed by atoms with Gasteiger partial charge in [-0.25, -0.2) is 5.10 Å². The quantitative estimate of drug-likeness (QED) is 0.873. The highest BCUT2D eigenvalue weighted by atomic mass is 35.5. The highest BCUT2D eigenvalue weighted by molar-refractivity contribution is 6.32. The first-order chi connectivity index (χ1) is 8.13. The second-order valence-corrected chi connectivity index (χ2v) is 5.16. The molecule has 1 aromatic heterocycles. The molecule has 2 N–H and O–H groups in total. The second-order valence-electron chi connectivity index (χ2n) is 4.78. The van der Waals surface area contributed by atoms with Crippen molar-refractivity contribution in [2.75, 3.05) is 5.32 Å². The minimum atomic E-state index is -0.339. The van der Waals surface area contributed by atoms with Crippen molar-refractivity contribution in [3.8, 4) is 0 Å². The van der Waals surface area contributed by atoms with Crippen molar-refractivity contribution in [3.63, 3.8) is 0 Å². The van der Waals surface area contributed by atoms with Gasteiger partial charge in [0.25, 0.3) is 5.56 Å². The monoisotopic (exact) mass is 255 g/mol. The van der Waals surface area contributed by atoms with Crippen molar-refractivity contribution in [3.05, 3.63) is 21.6 Å². The molecule has 1 heterocycles. The van der Waals surface area contributed by atoms with Crippen LogP contribution in [0.25, 0.3) is 0 Å². The Hall–Kier alpha value is -1.03. The van der Waals surface area contributed by atoms with Crippen LogP contribution in [-0.2, 0) is 0 Å². The minimum absolute atomic E-state index is 0.201. The van der Waals surface area contributed by atoms with Gasteiger partial charge in [0.2, 0.25) is 0 Å². The van der Waals surface area contributed by atoms with E-state index in [0.717, 1.165) is 12.3 Å². The molecule has 0 aliphatic heterocycles. The molecule has 0 spiro atoms. The molecule has 94 valence electrons. The Morgan fingerprint density at radius 2 is 2.35 bits per heavy atom. The van der Waals surface area contributed by atoms with Crippen molar-refractivity contribution in [2.24, 2.45) is 11.8 Å². The molecule has 0 aromatic carbocycles. The minimum Gasteiger partial charge on any atom is -0.379 e. The van der Waals surface area contributed by atoms with E-state index >= 15 is 0 Å². The van der Waals surface area contributed by atoms with Gasteiger partial charge in [-0.3, -0.25) is 4.79 Å². The van der Waals surface area contributed by atoms with Gasteiger partial charge in [-0.05, 0) is 24.7 Å². The molecule has 1 aromatic rings. The van der Waals surface area contributed by atoms with E-state index in [1.54, 1.807) is 6.20 Å². The fourth-order valence-corrected chi connectivity index (χ4v) is 2.86. The molecule has 1 aliphatic carbocycles. The highest BCUT2D eigenvalue weighted by Gasteiger charge is 2.31. The number of hydrogen-bond donors (Lipinski definition) is 2. The van der Waals surface area contributed by atoms with Crippen LogP contribution in [0.4, 0.5) is 5.69 Å². The van der Waals surface area contributed by atoms with E-state index in [9.17, 15) is 4.79 Å². The number of aromatic nitrogens is 2. The van der Waals surface area contributed by atoms with Crippen LogP contribution >= 0.6 is 11.6 Å². The molecule has 0 saturated heterocycles. The molecule has 1 fully saturated rings. The zero-order valence-corrected chi connectivity index (χ0v) is 10.9. The zero-order valence-electron chi connectivity index (χ0n) is 10.2. The van der Waals surface area contributed by atoms with E-state index < -0.39 is 0 Å². The van der Waals surface area contributed by atoms with E-state index in [2.05, 4.69) is 29.4 Å². The maximum absolute atomic E-state index is 11.3. The lowest BCUT2D eigenvalue weighted by Gasteiger charge is -2.22. The Labute approximate surface area is 106 Å². The third kappa shape index (κ3) is 2.46. The first-order valence-corrected chi connectivity index (χ1v) is 6.51. The summed E-state index contributed by atoms with van der Waals surface area (Å²) in [6.45, 7) is 4.48. The van der Waals surface area contributed by atoms with E-state index in [-0.39, 0.29) is 10.6 Å². The predicted molar refractivity (Wildman–Crippen MR) is 69.5 cm³/mol. The summed E-state index contributed by atoms with van der Waals surface area (Å²) in [5.74, 6) is 1.37. The third-order valence-corrected chi connectivity index (χ3v) is 4.26. The van der Waals surface area contributed by atoms with Crippen molar-refractivity contribution in [1.82, 2.24) is 10.2 Å². The summed E-state index contributed by atoms with van der Waals surface area (Å²) in [5, 5.41) is 9.64. The molecule has 1 aliphatic rings. The fourth-order valence-electron chi connectivity index (χ4n) is 2.71. The van der Waals surface area contributed by atoms with Gasteiger partial charge in [0, 0.05) is 6.04 Å². The largest absolute Gasteiger partial charge is 0.379 e. The van der Waals surface area contributed by atoms with E-state index in [1.807, 2.05) is 0 Å². The molecule has 0 radical (unpaired) electrons. The molecule has 17 heavy (non-hydrogen) atoms. The number of hydrogen-bond acceptors (Lipinski definition) is 3. The number of aromatic amines is 1. The number of rotatable bonds is 3. The van der Waals surface area contributed by atoms with Crippen LogP contribution in [0.3, 0.4) is 0 Å². The van der Waals surface area contributed by atoms with Crippen LogP contribution in [0.2, 0.25) is 5.02 Å². The summed E-state index contributed by atoms with van der Waals surface area (Å²) in [6.07, 6.45) is 5.16. The van der Waals surface area contributed by atoms with Crippen molar-refractivity contribution >= 4 is 17.3 Å². The standard InChI is InChI=1S/C12H18ClN3O/c1-3-8-4-5-9(7(8)2)15-10-6-14-16-12(17)11(10)13/h6-9H,3-5H2,1-2H3,(H2,15,16,17). The average molecular weight is 256 g/mol. The van der Waals surface area contributed by atoms with Crippen LogP contribution < -0.4 is 10.9 Å². The molecular weight excluding hydrogens is 238 g/mol. The molecule has 1 saturated carbocycles. The lowest BCUT2D eigenvalue weighted by atomic mass is 9.93. The van der Waals surface area contributed by atoms with Gasteiger partial charge in [0.15, 0.2) is 0 Å². The number of anilines is 1. The van der Waals surface area contributed by atoms with Gasteiger partial charge in [-0.15, -0.1) is 0 Å². The smallest absolute Gasteiger partial charge is 0.285 e. The molecule has 0 amide bonds. The van der Waals surface area contributed by atoms with Crippen molar-refractivity contribution in [1.29, 1.82) is 0 Å². The van der Waals surface area contributed by atoms with Crippen molar-refractivity contribution in [2.45, 2.75) is 39.2 Å². The molecule has 2 rings (SSSR count). The number of H-pyrrole nitrogens is 1. The van der Waals surface area contributed by atoms with Gasteiger partial charge >= 0.3 is 0 Å². The Morgan fingerprint density at radius 1 is 1.59 bits per heavy atom. The first-order valence-electron chi connectivity index (χ1n) is 6.13. The zero-order chi connectivity index (χ0) is 12.4. The summed E-state index contributed by atoms with van der Waals surface area (Å²) in [7, 11) is 0. The Bertz CT molecular complexity index is 446. The molecule has 3 atom stereocenters. The van der Waals surface area contributed by atoms with E-state index in [1.165, 1.54) is 12.8 Å². The number of halogens is 1. The topological polar surface area (TPSA) is 57.8 Å². The van der Waals surface area contributed by atoms with E-state index in [4.69, 9.17) is 11.6 Å². The van der Waals surface area contributed by atoms with Gasteiger partial charge in [-0.1, -0.05) is 31.9 Å². The van der Waals surface area contributed by atoms with Crippen LogP contribution in [0.15, 0.2) is 11.0 Å². The van der Waals surface area contributed by atoms with Crippen molar-refractivity contribution < 1.29 is 0 Å². The van der Waals surface area contributed by atoms with Gasteiger partial charge in [0.05, 0.1) is 11.9 Å². The third-order valence-electron chi connectivity index (χ3n) is 3.89. The van der Waals surface area contributed by atoms with Crippen LogP contribution in [0, 0.1) is 11.8 Å². The van der Waals surface area contributed by atoms with Gasteiger partial charge < -0.3 is 5.32 Å². The fraction of sp³-hybridized carbons (Fsp3) is 0.667. The Balaban J connectivity index is 2.12.